The van der Waals surface area contributed by atoms with E-state index >= 15 is 0 Å². The first-order valence-corrected chi connectivity index (χ1v) is 15.1. The van der Waals surface area contributed by atoms with E-state index in [0.717, 1.165) is 15.8 Å². The number of nitrogens with one attached hydrogen (secondary N) is 1. The SMILES string of the molecule is COc1cc([C@H]2C[C@@H](C(F)(F)F)n3ncc(C(=O)N4CCN(C(c5ccccc5)c5ccccc5)CC4)c3N2)cc(OC)c1OC. The molecule has 1 saturated heterocycles. The van der Waals surface area contributed by atoms with Crippen LogP contribution in [0.5, 0.6) is 17.2 Å². The highest BCUT2D eigenvalue weighted by Gasteiger charge is 2.48. The van der Waals surface area contributed by atoms with Crippen LogP contribution in [0.3, 0.4) is 0 Å². The zero-order valence-electron chi connectivity index (χ0n) is 25.8. The van der Waals surface area contributed by atoms with Crippen molar-refractivity contribution in [2.75, 3.05) is 52.8 Å². The van der Waals surface area contributed by atoms with Gasteiger partial charge in [-0.25, -0.2) is 4.68 Å². The summed E-state index contributed by atoms with van der Waals surface area (Å²) in [6.07, 6.45) is -3.70. The Labute approximate surface area is 265 Å². The summed E-state index contributed by atoms with van der Waals surface area (Å²) < 4.78 is 60.4. The van der Waals surface area contributed by atoms with E-state index in [1.54, 1.807) is 17.0 Å². The van der Waals surface area contributed by atoms with Crippen molar-refractivity contribution >= 4 is 11.7 Å². The molecule has 12 heteroatoms. The van der Waals surface area contributed by atoms with Crippen molar-refractivity contribution in [3.63, 3.8) is 0 Å². The van der Waals surface area contributed by atoms with Crippen LogP contribution in [0.1, 0.15) is 51.6 Å². The summed E-state index contributed by atoms with van der Waals surface area (Å²) >= 11 is 0. The topological polar surface area (TPSA) is 81.1 Å². The number of amides is 1. The monoisotopic (exact) mass is 635 g/mol. The van der Waals surface area contributed by atoms with Crippen LogP contribution in [-0.2, 0) is 0 Å². The second-order valence-corrected chi connectivity index (χ2v) is 11.4. The van der Waals surface area contributed by atoms with Crippen molar-refractivity contribution in [2.24, 2.45) is 0 Å². The highest BCUT2D eigenvalue weighted by Crippen LogP contribution is 2.47. The number of benzene rings is 3. The van der Waals surface area contributed by atoms with Crippen molar-refractivity contribution in [3.8, 4) is 17.2 Å². The first-order chi connectivity index (χ1) is 22.2. The van der Waals surface area contributed by atoms with Crippen molar-refractivity contribution in [2.45, 2.75) is 30.7 Å². The Hall–Kier alpha value is -4.71. The van der Waals surface area contributed by atoms with Gasteiger partial charge < -0.3 is 24.4 Å². The summed E-state index contributed by atoms with van der Waals surface area (Å²) in [7, 11) is 4.35. The largest absolute Gasteiger partial charge is 0.493 e. The molecule has 0 unspecified atom stereocenters. The molecule has 1 amide bonds. The standard InChI is InChI=1S/C34H36F3N5O4/c1-44-27-18-24(19-28(45-2)31(27)46-3)26-20-29(34(35,36)37)42-32(39-26)25(21-38-42)33(43)41-16-14-40(15-17-41)30(22-10-6-4-7-11-22)23-12-8-5-9-13-23/h4-13,18-19,21,26,29-30,39H,14-17,20H2,1-3H3/t26-,29+/m1/s1. The predicted molar refractivity (Wildman–Crippen MR) is 167 cm³/mol. The Bertz CT molecular complexity index is 1590. The van der Waals surface area contributed by atoms with E-state index in [4.69, 9.17) is 14.2 Å². The summed E-state index contributed by atoms with van der Waals surface area (Å²) in [4.78, 5) is 17.9. The molecule has 2 aliphatic rings. The fraction of sp³-hybridized carbons (Fsp3) is 0.353. The second-order valence-electron chi connectivity index (χ2n) is 11.4. The summed E-state index contributed by atoms with van der Waals surface area (Å²) in [5, 5.41) is 7.26. The molecule has 0 radical (unpaired) electrons. The first-order valence-electron chi connectivity index (χ1n) is 15.1. The number of rotatable bonds is 8. The molecule has 2 aliphatic heterocycles. The molecular formula is C34H36F3N5O4. The number of carbonyl (C=O) groups is 1. The molecule has 4 aromatic rings. The molecule has 0 spiro atoms. The summed E-state index contributed by atoms with van der Waals surface area (Å²) in [6, 6.07) is 20.9. The van der Waals surface area contributed by atoms with Gasteiger partial charge in [-0.2, -0.15) is 18.3 Å². The van der Waals surface area contributed by atoms with Gasteiger partial charge in [0.05, 0.1) is 39.6 Å². The van der Waals surface area contributed by atoms with Gasteiger partial charge in [-0.3, -0.25) is 9.69 Å². The fourth-order valence-electron chi connectivity index (χ4n) is 6.48. The summed E-state index contributed by atoms with van der Waals surface area (Å²) in [6.45, 7) is 2.02. The van der Waals surface area contributed by atoms with Crippen LogP contribution in [-0.4, -0.2) is 79.2 Å². The number of carbonyl (C=O) groups excluding carboxylic acids is 1. The number of piperazine rings is 1. The van der Waals surface area contributed by atoms with Gasteiger partial charge in [0.15, 0.2) is 17.5 Å². The van der Waals surface area contributed by atoms with Gasteiger partial charge in [-0.05, 0) is 28.8 Å². The van der Waals surface area contributed by atoms with Crippen molar-refractivity contribution in [3.05, 3.63) is 101 Å². The first kappa shape index (κ1) is 31.3. The van der Waals surface area contributed by atoms with E-state index in [2.05, 4.69) is 39.6 Å². The molecule has 9 nitrogen and oxygen atoms in total. The Morgan fingerprint density at radius 2 is 1.43 bits per heavy atom. The highest BCUT2D eigenvalue weighted by atomic mass is 19.4. The maximum atomic E-state index is 14.4. The Morgan fingerprint density at radius 3 is 1.93 bits per heavy atom. The lowest BCUT2D eigenvalue weighted by Gasteiger charge is -2.40. The van der Waals surface area contributed by atoms with Crippen LogP contribution < -0.4 is 19.5 Å². The molecule has 0 aliphatic carbocycles. The van der Waals surface area contributed by atoms with Crippen LogP contribution in [0.15, 0.2) is 79.0 Å². The smallest absolute Gasteiger partial charge is 0.410 e. The fourth-order valence-corrected chi connectivity index (χ4v) is 6.48. The minimum atomic E-state index is -4.60. The molecule has 3 aromatic carbocycles. The van der Waals surface area contributed by atoms with Gasteiger partial charge in [0.1, 0.15) is 11.4 Å². The van der Waals surface area contributed by atoms with Crippen LogP contribution in [0.25, 0.3) is 0 Å². The quantitative estimate of drug-likeness (QED) is 0.250. The Kier molecular flexibility index (Phi) is 8.81. The molecule has 0 saturated carbocycles. The predicted octanol–water partition coefficient (Wildman–Crippen LogP) is 6.12. The number of methoxy groups -OCH3 is 3. The van der Waals surface area contributed by atoms with Gasteiger partial charge >= 0.3 is 6.18 Å². The molecule has 3 heterocycles. The number of nitrogens with zero attached hydrogens (tertiary/aromatic N) is 4. The number of hydrogen-bond acceptors (Lipinski definition) is 7. The van der Waals surface area contributed by atoms with Crippen molar-refractivity contribution < 1.29 is 32.2 Å². The molecule has 46 heavy (non-hydrogen) atoms. The molecule has 1 N–H and O–H groups in total. The number of anilines is 1. The van der Waals surface area contributed by atoms with Gasteiger partial charge in [-0.15, -0.1) is 0 Å². The van der Waals surface area contributed by atoms with Gasteiger partial charge in [0, 0.05) is 32.6 Å². The lowest BCUT2D eigenvalue weighted by atomic mass is 9.95. The number of ether oxygens (including phenoxy) is 3. The molecule has 1 aromatic heterocycles. The Morgan fingerprint density at radius 1 is 0.870 bits per heavy atom. The van der Waals surface area contributed by atoms with E-state index in [-0.39, 0.29) is 29.8 Å². The van der Waals surface area contributed by atoms with Crippen LogP contribution >= 0.6 is 0 Å². The zero-order valence-corrected chi connectivity index (χ0v) is 25.8. The third kappa shape index (κ3) is 5.96. The van der Waals surface area contributed by atoms with Crippen LogP contribution in [0.2, 0.25) is 0 Å². The van der Waals surface area contributed by atoms with E-state index in [9.17, 15) is 18.0 Å². The molecule has 242 valence electrons. The maximum absolute atomic E-state index is 14.4. The molecular weight excluding hydrogens is 599 g/mol. The minimum absolute atomic E-state index is 0.0111. The van der Waals surface area contributed by atoms with Gasteiger partial charge in [-0.1, -0.05) is 60.7 Å². The average Bonchev–Trinajstić information content (AvgIpc) is 3.51. The summed E-state index contributed by atoms with van der Waals surface area (Å²) in [5.74, 6) is 0.639. The lowest BCUT2D eigenvalue weighted by molar-refractivity contribution is -0.173. The van der Waals surface area contributed by atoms with Crippen molar-refractivity contribution in [1.82, 2.24) is 19.6 Å². The Balaban J connectivity index is 1.26. The highest BCUT2D eigenvalue weighted by molar-refractivity contribution is 5.99. The van der Waals surface area contributed by atoms with Gasteiger partial charge in [0.2, 0.25) is 5.75 Å². The molecule has 1 fully saturated rings. The van der Waals surface area contributed by atoms with E-state index in [0.29, 0.717) is 49.0 Å². The molecule has 2 atom stereocenters. The molecule has 0 bridgehead atoms. The summed E-state index contributed by atoms with van der Waals surface area (Å²) in [5.41, 5.74) is 2.90. The second kappa shape index (κ2) is 13.0. The third-order valence-corrected chi connectivity index (χ3v) is 8.76. The normalized spacial score (nSPS) is 18.5. The van der Waals surface area contributed by atoms with E-state index < -0.39 is 18.3 Å². The molecule has 6 rings (SSSR count). The minimum Gasteiger partial charge on any atom is -0.493 e. The third-order valence-electron chi connectivity index (χ3n) is 8.76. The zero-order chi connectivity index (χ0) is 32.4. The van der Waals surface area contributed by atoms with Gasteiger partial charge in [0.25, 0.3) is 5.91 Å². The van der Waals surface area contributed by atoms with E-state index in [1.807, 2.05) is 36.4 Å². The van der Waals surface area contributed by atoms with Crippen LogP contribution in [0.4, 0.5) is 19.0 Å². The van der Waals surface area contributed by atoms with Crippen molar-refractivity contribution in [1.29, 1.82) is 0 Å². The number of alkyl halides is 3. The number of hydrogen-bond donors (Lipinski definition) is 1. The number of aromatic nitrogens is 2. The average molecular weight is 636 g/mol. The number of halogens is 3. The van der Waals surface area contributed by atoms with E-state index in [1.165, 1.54) is 27.5 Å². The maximum Gasteiger partial charge on any atom is 0.410 e. The lowest BCUT2D eigenvalue weighted by Crippen LogP contribution is -2.50. The van der Waals surface area contributed by atoms with Crippen LogP contribution in [0, 0.1) is 0 Å². The number of fused-ring (bicyclic) bond motifs is 1.